The Hall–Kier alpha value is -3.49. The van der Waals surface area contributed by atoms with Crippen LogP contribution in [0.2, 0.25) is 0 Å². The van der Waals surface area contributed by atoms with Gasteiger partial charge in [-0.2, -0.15) is 9.41 Å². The third kappa shape index (κ3) is 7.36. The van der Waals surface area contributed by atoms with Gasteiger partial charge in [0.1, 0.15) is 11.5 Å². The molecular formula is C23H23N3O4S. The zero-order chi connectivity index (χ0) is 22.1. The second-order valence-electron chi connectivity index (χ2n) is 6.80. The second-order valence-corrected chi connectivity index (χ2v) is 8.78. The molecule has 0 aliphatic carbocycles. The number of rotatable bonds is 9. The average Bonchev–Trinajstić information content (AvgIpc) is 2.74. The molecule has 1 N–H and O–H groups in total. The van der Waals surface area contributed by atoms with Crippen LogP contribution in [0.25, 0.3) is 0 Å². The van der Waals surface area contributed by atoms with E-state index in [1.807, 2.05) is 66.7 Å². The van der Waals surface area contributed by atoms with Crippen molar-refractivity contribution in [2.45, 2.75) is 6.54 Å². The number of hydrogen-bond acceptors (Lipinski definition) is 5. The largest absolute Gasteiger partial charge is 0.457 e. The first-order chi connectivity index (χ1) is 14.9. The molecule has 0 unspecified atom stereocenters. The minimum Gasteiger partial charge on any atom is -0.457 e. The molecule has 160 valence electrons. The fraction of sp³-hybridized carbons (Fsp3) is 0.130. The van der Waals surface area contributed by atoms with Crippen molar-refractivity contribution in [2.24, 2.45) is 5.10 Å². The SMILES string of the molecule is CS(=O)(=O)N(CC(=O)N/N=C\c1cccc(Oc2ccccc2)c1)Cc1ccccc1. The molecule has 1 amide bonds. The van der Waals surface area contributed by atoms with Gasteiger partial charge in [-0.1, -0.05) is 60.7 Å². The van der Waals surface area contributed by atoms with Crippen LogP contribution in [0.3, 0.4) is 0 Å². The summed E-state index contributed by atoms with van der Waals surface area (Å²) in [5.74, 6) is 0.811. The number of carbonyl (C=O) groups is 1. The molecule has 31 heavy (non-hydrogen) atoms. The van der Waals surface area contributed by atoms with Gasteiger partial charge in [0.05, 0.1) is 19.0 Å². The van der Waals surface area contributed by atoms with Crippen LogP contribution < -0.4 is 10.2 Å². The molecule has 0 radical (unpaired) electrons. The van der Waals surface area contributed by atoms with Gasteiger partial charge in [0.15, 0.2) is 0 Å². The third-order valence-corrected chi connectivity index (χ3v) is 5.43. The van der Waals surface area contributed by atoms with Gasteiger partial charge >= 0.3 is 0 Å². The van der Waals surface area contributed by atoms with Crippen LogP contribution in [-0.2, 0) is 21.4 Å². The van der Waals surface area contributed by atoms with E-state index >= 15 is 0 Å². The van der Waals surface area contributed by atoms with Crippen molar-refractivity contribution >= 4 is 22.1 Å². The monoisotopic (exact) mass is 437 g/mol. The smallest absolute Gasteiger partial charge is 0.255 e. The molecular weight excluding hydrogens is 414 g/mol. The lowest BCUT2D eigenvalue weighted by molar-refractivity contribution is -0.121. The van der Waals surface area contributed by atoms with Gasteiger partial charge in [-0.3, -0.25) is 4.79 Å². The maximum absolute atomic E-state index is 12.2. The molecule has 0 saturated carbocycles. The molecule has 0 saturated heterocycles. The lowest BCUT2D eigenvalue weighted by Gasteiger charge is -2.18. The number of amides is 1. The van der Waals surface area contributed by atoms with Crippen LogP contribution in [0, 0.1) is 0 Å². The average molecular weight is 438 g/mol. The summed E-state index contributed by atoms with van der Waals surface area (Å²) in [5, 5.41) is 3.93. The van der Waals surface area contributed by atoms with E-state index in [1.165, 1.54) is 6.21 Å². The first kappa shape index (κ1) is 22.2. The summed E-state index contributed by atoms with van der Waals surface area (Å²) < 4.78 is 31.0. The molecule has 3 aromatic carbocycles. The first-order valence-electron chi connectivity index (χ1n) is 9.54. The van der Waals surface area contributed by atoms with Crippen molar-refractivity contribution in [3.05, 3.63) is 96.1 Å². The number of hydrazone groups is 1. The second kappa shape index (κ2) is 10.5. The van der Waals surface area contributed by atoms with Crippen molar-refractivity contribution in [2.75, 3.05) is 12.8 Å². The summed E-state index contributed by atoms with van der Waals surface area (Å²) in [6.07, 6.45) is 2.54. The number of nitrogens with zero attached hydrogens (tertiary/aromatic N) is 2. The Morgan fingerprint density at radius 3 is 2.29 bits per heavy atom. The predicted molar refractivity (Wildman–Crippen MR) is 120 cm³/mol. The summed E-state index contributed by atoms with van der Waals surface area (Å²) in [6, 6.07) is 25.7. The van der Waals surface area contributed by atoms with Crippen LogP contribution in [0.4, 0.5) is 0 Å². The molecule has 3 rings (SSSR count). The fourth-order valence-corrected chi connectivity index (χ4v) is 3.47. The molecule has 0 aliphatic rings. The summed E-state index contributed by atoms with van der Waals surface area (Å²) in [6.45, 7) is -0.224. The summed E-state index contributed by atoms with van der Waals surface area (Å²) >= 11 is 0. The molecule has 0 bridgehead atoms. The van der Waals surface area contributed by atoms with E-state index in [9.17, 15) is 13.2 Å². The highest BCUT2D eigenvalue weighted by molar-refractivity contribution is 7.88. The molecule has 0 spiro atoms. The maximum Gasteiger partial charge on any atom is 0.255 e. The van der Waals surface area contributed by atoms with E-state index in [2.05, 4.69) is 10.5 Å². The van der Waals surface area contributed by atoms with Gasteiger partial charge in [0.25, 0.3) is 5.91 Å². The first-order valence-corrected chi connectivity index (χ1v) is 11.4. The van der Waals surface area contributed by atoms with Gasteiger partial charge in [0, 0.05) is 6.54 Å². The van der Waals surface area contributed by atoms with E-state index in [-0.39, 0.29) is 13.1 Å². The molecule has 0 aliphatic heterocycles. The lowest BCUT2D eigenvalue weighted by Crippen LogP contribution is -2.38. The van der Waals surface area contributed by atoms with E-state index in [0.717, 1.165) is 21.7 Å². The highest BCUT2D eigenvalue weighted by Gasteiger charge is 2.20. The van der Waals surface area contributed by atoms with Crippen molar-refractivity contribution < 1.29 is 17.9 Å². The molecule has 3 aromatic rings. The Morgan fingerprint density at radius 1 is 0.968 bits per heavy atom. The molecule has 0 atom stereocenters. The Balaban J connectivity index is 1.58. The van der Waals surface area contributed by atoms with E-state index in [1.54, 1.807) is 18.2 Å². The van der Waals surface area contributed by atoms with E-state index < -0.39 is 15.9 Å². The number of sulfonamides is 1. The lowest BCUT2D eigenvalue weighted by atomic mass is 10.2. The van der Waals surface area contributed by atoms with Crippen LogP contribution in [0.5, 0.6) is 11.5 Å². The standard InChI is InChI=1S/C23H23N3O4S/c1-31(28,29)26(17-19-9-4-2-5-10-19)18-23(27)25-24-16-20-11-8-14-22(15-20)30-21-12-6-3-7-13-21/h2-16H,17-18H2,1H3,(H,25,27)/b24-16-. The van der Waals surface area contributed by atoms with Gasteiger partial charge < -0.3 is 4.74 Å². The number of ether oxygens (including phenoxy) is 1. The molecule has 0 heterocycles. The number of benzene rings is 3. The van der Waals surface area contributed by atoms with Gasteiger partial charge in [-0.05, 0) is 35.4 Å². The zero-order valence-electron chi connectivity index (χ0n) is 17.0. The summed E-state index contributed by atoms with van der Waals surface area (Å²) in [4.78, 5) is 12.2. The van der Waals surface area contributed by atoms with Crippen LogP contribution >= 0.6 is 0 Å². The van der Waals surface area contributed by atoms with E-state index in [4.69, 9.17) is 4.74 Å². The zero-order valence-corrected chi connectivity index (χ0v) is 17.8. The summed E-state index contributed by atoms with van der Waals surface area (Å²) in [7, 11) is -3.57. The number of hydrogen-bond donors (Lipinski definition) is 1. The van der Waals surface area contributed by atoms with Crippen molar-refractivity contribution in [1.29, 1.82) is 0 Å². The van der Waals surface area contributed by atoms with E-state index in [0.29, 0.717) is 11.5 Å². The highest BCUT2D eigenvalue weighted by atomic mass is 32.2. The molecule has 8 heteroatoms. The Morgan fingerprint density at radius 2 is 1.61 bits per heavy atom. The molecule has 7 nitrogen and oxygen atoms in total. The number of nitrogens with one attached hydrogen (secondary N) is 1. The van der Waals surface area contributed by atoms with Crippen molar-refractivity contribution in [3.63, 3.8) is 0 Å². The quantitative estimate of drug-likeness (QED) is 0.411. The number of carbonyl (C=O) groups excluding carboxylic acids is 1. The Bertz CT molecular complexity index is 1130. The predicted octanol–water partition coefficient (Wildman–Crippen LogP) is 3.39. The molecule has 0 aromatic heterocycles. The van der Waals surface area contributed by atoms with Crippen LogP contribution in [0.1, 0.15) is 11.1 Å². The van der Waals surface area contributed by atoms with Crippen molar-refractivity contribution in [1.82, 2.24) is 9.73 Å². The normalized spacial score (nSPS) is 11.5. The van der Waals surface area contributed by atoms with Crippen LogP contribution in [0.15, 0.2) is 90.0 Å². The third-order valence-electron chi connectivity index (χ3n) is 4.23. The van der Waals surface area contributed by atoms with Gasteiger partial charge in [0.2, 0.25) is 10.0 Å². The van der Waals surface area contributed by atoms with Gasteiger partial charge in [-0.25, -0.2) is 13.8 Å². The van der Waals surface area contributed by atoms with Crippen molar-refractivity contribution in [3.8, 4) is 11.5 Å². The fourth-order valence-electron chi connectivity index (χ4n) is 2.73. The topological polar surface area (TPSA) is 88.1 Å². The summed E-state index contributed by atoms with van der Waals surface area (Å²) in [5.41, 5.74) is 3.88. The minimum absolute atomic E-state index is 0.107. The highest BCUT2D eigenvalue weighted by Crippen LogP contribution is 2.21. The van der Waals surface area contributed by atoms with Gasteiger partial charge in [-0.15, -0.1) is 0 Å². The van der Waals surface area contributed by atoms with Crippen LogP contribution in [-0.4, -0.2) is 37.6 Å². The maximum atomic E-state index is 12.2. The molecule has 0 fully saturated rings. The Labute approximate surface area is 182 Å². The minimum atomic E-state index is -3.57. The number of para-hydroxylation sites is 1. The Kier molecular flexibility index (Phi) is 7.53.